The summed E-state index contributed by atoms with van der Waals surface area (Å²) in [7, 11) is 0. The van der Waals surface area contributed by atoms with E-state index in [0.717, 1.165) is 28.4 Å². The molecule has 0 aliphatic rings. The van der Waals surface area contributed by atoms with Crippen LogP contribution in [0.1, 0.15) is 17.0 Å². The van der Waals surface area contributed by atoms with E-state index in [9.17, 15) is 0 Å². The van der Waals surface area contributed by atoms with Crippen molar-refractivity contribution >= 4 is 17.3 Å². The summed E-state index contributed by atoms with van der Waals surface area (Å²) in [5.41, 5.74) is 3.67. The highest BCUT2D eigenvalue weighted by Gasteiger charge is 2.11. The van der Waals surface area contributed by atoms with E-state index >= 15 is 0 Å². The molecular weight excluding hydrogens is 290 g/mol. The lowest BCUT2D eigenvalue weighted by Crippen LogP contribution is -2.06. The van der Waals surface area contributed by atoms with E-state index < -0.39 is 0 Å². The van der Waals surface area contributed by atoms with E-state index in [1.54, 1.807) is 11.0 Å². The van der Waals surface area contributed by atoms with Gasteiger partial charge in [0.1, 0.15) is 18.4 Å². The minimum atomic E-state index is 0.600. The number of nitrogens with zero attached hydrogens (tertiary/aromatic N) is 4. The molecule has 0 atom stereocenters. The van der Waals surface area contributed by atoms with Crippen molar-refractivity contribution in [3.8, 4) is 5.69 Å². The first kappa shape index (κ1) is 13.6. The minimum absolute atomic E-state index is 0.600. The summed E-state index contributed by atoms with van der Waals surface area (Å²) in [6.07, 6.45) is 3.14. The van der Waals surface area contributed by atoms with Crippen molar-refractivity contribution in [3.63, 3.8) is 0 Å². The van der Waals surface area contributed by atoms with E-state index in [4.69, 9.17) is 16.1 Å². The molecular formula is C14H14ClN5O. The molecule has 2 aromatic heterocycles. The number of aryl methyl sites for hydroxylation is 2. The topological polar surface area (TPSA) is 68.8 Å². The minimum Gasteiger partial charge on any atom is -0.379 e. The maximum absolute atomic E-state index is 6.09. The third-order valence-corrected chi connectivity index (χ3v) is 3.50. The molecule has 108 valence electrons. The Kier molecular flexibility index (Phi) is 3.62. The van der Waals surface area contributed by atoms with Gasteiger partial charge < -0.3 is 9.84 Å². The van der Waals surface area contributed by atoms with Gasteiger partial charge in [-0.2, -0.15) is 5.10 Å². The second-order valence-corrected chi connectivity index (χ2v) is 5.09. The summed E-state index contributed by atoms with van der Waals surface area (Å²) in [4.78, 5) is 3.97. The molecule has 0 amide bonds. The maximum atomic E-state index is 6.09. The van der Waals surface area contributed by atoms with Crippen LogP contribution in [0.3, 0.4) is 0 Å². The molecule has 0 spiro atoms. The molecule has 1 N–H and O–H groups in total. The van der Waals surface area contributed by atoms with Crippen molar-refractivity contribution < 1.29 is 4.52 Å². The first-order valence-electron chi connectivity index (χ1n) is 6.45. The number of benzene rings is 1. The number of hydrogen-bond acceptors (Lipinski definition) is 5. The zero-order valence-corrected chi connectivity index (χ0v) is 12.4. The van der Waals surface area contributed by atoms with Gasteiger partial charge in [-0.05, 0) is 32.0 Å². The lowest BCUT2D eigenvalue weighted by Gasteiger charge is -2.12. The Morgan fingerprint density at radius 2 is 2.19 bits per heavy atom. The first-order chi connectivity index (χ1) is 10.1. The molecule has 0 aliphatic heterocycles. The molecule has 0 aliphatic carbocycles. The number of aromatic nitrogens is 4. The summed E-state index contributed by atoms with van der Waals surface area (Å²) in [5.74, 6) is 0.810. The van der Waals surface area contributed by atoms with Gasteiger partial charge in [-0.15, -0.1) is 0 Å². The van der Waals surface area contributed by atoms with E-state index in [2.05, 4.69) is 20.6 Å². The molecule has 0 bridgehead atoms. The van der Waals surface area contributed by atoms with Crippen LogP contribution in [0.25, 0.3) is 5.69 Å². The van der Waals surface area contributed by atoms with E-state index in [-0.39, 0.29) is 0 Å². The predicted octanol–water partition coefficient (Wildman–Crippen LogP) is 3.14. The monoisotopic (exact) mass is 303 g/mol. The van der Waals surface area contributed by atoms with Gasteiger partial charge in [0.15, 0.2) is 0 Å². The van der Waals surface area contributed by atoms with Crippen molar-refractivity contribution in [3.05, 3.63) is 52.9 Å². The summed E-state index contributed by atoms with van der Waals surface area (Å²) in [5, 5.41) is 12.1. The van der Waals surface area contributed by atoms with Crippen molar-refractivity contribution in [1.29, 1.82) is 0 Å². The number of halogens is 1. The summed E-state index contributed by atoms with van der Waals surface area (Å²) >= 11 is 6.09. The quantitative estimate of drug-likeness (QED) is 0.802. The van der Waals surface area contributed by atoms with Gasteiger partial charge >= 0.3 is 0 Å². The lowest BCUT2D eigenvalue weighted by molar-refractivity contribution is 0.392. The third kappa shape index (κ3) is 2.75. The van der Waals surface area contributed by atoms with Gasteiger partial charge in [0, 0.05) is 17.1 Å². The highest BCUT2D eigenvalue weighted by molar-refractivity contribution is 6.31. The molecule has 0 fully saturated rings. The highest BCUT2D eigenvalue weighted by Crippen LogP contribution is 2.25. The molecule has 0 unspecified atom stereocenters. The van der Waals surface area contributed by atoms with Crippen LogP contribution in [0.5, 0.6) is 0 Å². The molecule has 0 saturated carbocycles. The van der Waals surface area contributed by atoms with Crippen LogP contribution in [0.4, 0.5) is 5.69 Å². The van der Waals surface area contributed by atoms with Gasteiger partial charge in [0.05, 0.1) is 17.1 Å². The molecule has 7 heteroatoms. The number of rotatable bonds is 4. The Bertz CT molecular complexity index is 731. The number of anilines is 1. The van der Waals surface area contributed by atoms with Crippen LogP contribution in [-0.4, -0.2) is 19.9 Å². The van der Waals surface area contributed by atoms with Crippen LogP contribution in [0.15, 0.2) is 35.4 Å². The molecule has 6 nitrogen and oxygen atoms in total. The molecule has 0 saturated heterocycles. The summed E-state index contributed by atoms with van der Waals surface area (Å²) < 4.78 is 6.85. The zero-order valence-electron chi connectivity index (χ0n) is 11.7. The Balaban J connectivity index is 1.90. The van der Waals surface area contributed by atoms with Crippen LogP contribution >= 0.6 is 11.6 Å². The van der Waals surface area contributed by atoms with E-state index in [1.165, 1.54) is 6.33 Å². The fourth-order valence-electron chi connectivity index (χ4n) is 2.12. The Morgan fingerprint density at radius 1 is 1.33 bits per heavy atom. The second kappa shape index (κ2) is 5.57. The molecule has 1 aromatic carbocycles. The fourth-order valence-corrected chi connectivity index (χ4v) is 2.29. The average molecular weight is 304 g/mol. The van der Waals surface area contributed by atoms with Gasteiger partial charge in [-0.3, -0.25) is 0 Å². The van der Waals surface area contributed by atoms with Crippen LogP contribution in [0.2, 0.25) is 5.02 Å². The average Bonchev–Trinajstić information content (AvgIpc) is 3.08. The predicted molar refractivity (Wildman–Crippen MR) is 79.7 cm³/mol. The molecule has 0 radical (unpaired) electrons. The molecule has 21 heavy (non-hydrogen) atoms. The van der Waals surface area contributed by atoms with Crippen LogP contribution < -0.4 is 5.32 Å². The second-order valence-electron chi connectivity index (χ2n) is 4.66. The first-order valence-corrected chi connectivity index (χ1v) is 6.83. The zero-order chi connectivity index (χ0) is 14.8. The van der Waals surface area contributed by atoms with Crippen molar-refractivity contribution in [2.45, 2.75) is 20.4 Å². The van der Waals surface area contributed by atoms with Crippen LogP contribution in [0, 0.1) is 13.8 Å². The summed E-state index contributed by atoms with van der Waals surface area (Å²) in [6.45, 7) is 4.42. The molecule has 2 heterocycles. The number of nitrogens with one attached hydrogen (secondary N) is 1. The summed E-state index contributed by atoms with van der Waals surface area (Å²) in [6, 6.07) is 5.57. The SMILES string of the molecule is Cc1noc(C)c1CNc1cc(Cl)ccc1-n1cncn1. The molecule has 3 rings (SSSR count). The fraction of sp³-hybridized carbons (Fsp3) is 0.214. The standard InChI is InChI=1S/C14H14ClN5O/c1-9-12(10(2)21-19-9)6-17-13-5-11(15)3-4-14(13)20-8-16-7-18-20/h3-5,7-8,17H,6H2,1-2H3. The Morgan fingerprint density at radius 3 is 2.86 bits per heavy atom. The van der Waals surface area contributed by atoms with E-state index in [1.807, 2.05) is 32.0 Å². The molecule has 3 aromatic rings. The Labute approximate surface area is 126 Å². The largest absolute Gasteiger partial charge is 0.379 e. The van der Waals surface area contributed by atoms with Crippen molar-refractivity contribution in [2.24, 2.45) is 0 Å². The van der Waals surface area contributed by atoms with E-state index in [0.29, 0.717) is 11.6 Å². The van der Waals surface area contributed by atoms with Gasteiger partial charge in [0.25, 0.3) is 0 Å². The Hall–Kier alpha value is -2.34. The van der Waals surface area contributed by atoms with Crippen molar-refractivity contribution in [2.75, 3.05) is 5.32 Å². The highest BCUT2D eigenvalue weighted by atomic mass is 35.5. The third-order valence-electron chi connectivity index (χ3n) is 3.26. The van der Waals surface area contributed by atoms with Gasteiger partial charge in [0.2, 0.25) is 0 Å². The van der Waals surface area contributed by atoms with Gasteiger partial charge in [-0.25, -0.2) is 9.67 Å². The van der Waals surface area contributed by atoms with Gasteiger partial charge in [-0.1, -0.05) is 16.8 Å². The number of hydrogen-bond donors (Lipinski definition) is 1. The lowest BCUT2D eigenvalue weighted by atomic mass is 10.2. The van der Waals surface area contributed by atoms with Crippen molar-refractivity contribution in [1.82, 2.24) is 19.9 Å². The van der Waals surface area contributed by atoms with Crippen LogP contribution in [-0.2, 0) is 6.54 Å². The normalized spacial score (nSPS) is 10.8. The maximum Gasteiger partial charge on any atom is 0.138 e. The smallest absolute Gasteiger partial charge is 0.138 e.